The molecule has 1 aliphatic heterocycles. The molecule has 1 N–H and O–H groups in total. The Morgan fingerprint density at radius 2 is 2.23 bits per heavy atom. The SMILES string of the molecule is CCNC(C(C)CC)C1CCSC1. The molecule has 1 aliphatic rings. The fraction of sp³-hybridized carbons (Fsp3) is 1.00. The van der Waals surface area contributed by atoms with Crippen molar-refractivity contribution in [2.75, 3.05) is 18.1 Å². The normalized spacial score (nSPS) is 27.5. The fourth-order valence-electron chi connectivity index (χ4n) is 2.16. The van der Waals surface area contributed by atoms with Crippen LogP contribution in [0.3, 0.4) is 0 Å². The summed E-state index contributed by atoms with van der Waals surface area (Å²) in [4.78, 5) is 0. The number of nitrogens with one attached hydrogen (secondary N) is 1. The number of hydrogen-bond acceptors (Lipinski definition) is 2. The first-order chi connectivity index (χ1) is 6.29. The van der Waals surface area contributed by atoms with Crippen LogP contribution < -0.4 is 5.32 Å². The van der Waals surface area contributed by atoms with Gasteiger partial charge in [0, 0.05) is 6.04 Å². The Balaban J connectivity index is 2.44. The second-order valence-corrected chi connectivity index (χ2v) is 5.24. The molecule has 3 atom stereocenters. The maximum Gasteiger partial charge on any atom is 0.0129 e. The van der Waals surface area contributed by atoms with Crippen LogP contribution in [0.2, 0.25) is 0 Å². The molecular formula is C11H23NS. The molecule has 0 radical (unpaired) electrons. The van der Waals surface area contributed by atoms with Crippen molar-refractivity contribution in [2.45, 2.75) is 39.7 Å². The van der Waals surface area contributed by atoms with Gasteiger partial charge in [-0.2, -0.15) is 11.8 Å². The predicted octanol–water partition coefficient (Wildman–Crippen LogP) is 2.76. The number of thioether (sulfide) groups is 1. The van der Waals surface area contributed by atoms with Gasteiger partial charge in [0.25, 0.3) is 0 Å². The molecule has 0 aromatic heterocycles. The highest BCUT2D eigenvalue weighted by Gasteiger charge is 2.27. The van der Waals surface area contributed by atoms with Crippen molar-refractivity contribution < 1.29 is 0 Å². The standard InChI is InChI=1S/C11H23NS/c1-4-9(3)11(12-5-2)10-6-7-13-8-10/h9-12H,4-8H2,1-3H3. The fourth-order valence-corrected chi connectivity index (χ4v) is 3.47. The van der Waals surface area contributed by atoms with Crippen LogP contribution in [-0.2, 0) is 0 Å². The van der Waals surface area contributed by atoms with Crippen LogP contribution in [0.25, 0.3) is 0 Å². The lowest BCUT2D eigenvalue weighted by atomic mass is 9.87. The third kappa shape index (κ3) is 3.17. The molecular weight excluding hydrogens is 178 g/mol. The van der Waals surface area contributed by atoms with Crippen molar-refractivity contribution in [3.05, 3.63) is 0 Å². The second kappa shape index (κ2) is 5.92. The molecule has 3 unspecified atom stereocenters. The summed E-state index contributed by atoms with van der Waals surface area (Å²) in [6, 6.07) is 0.769. The minimum atomic E-state index is 0.769. The van der Waals surface area contributed by atoms with Crippen molar-refractivity contribution in [1.29, 1.82) is 0 Å². The van der Waals surface area contributed by atoms with Gasteiger partial charge >= 0.3 is 0 Å². The Morgan fingerprint density at radius 3 is 2.69 bits per heavy atom. The zero-order valence-electron chi connectivity index (χ0n) is 9.18. The van der Waals surface area contributed by atoms with Crippen molar-refractivity contribution in [3.8, 4) is 0 Å². The van der Waals surface area contributed by atoms with E-state index < -0.39 is 0 Å². The van der Waals surface area contributed by atoms with Crippen molar-refractivity contribution in [3.63, 3.8) is 0 Å². The van der Waals surface area contributed by atoms with Crippen LogP contribution in [0.1, 0.15) is 33.6 Å². The van der Waals surface area contributed by atoms with Gasteiger partial charge in [-0.15, -0.1) is 0 Å². The molecule has 0 aromatic rings. The Morgan fingerprint density at radius 1 is 1.46 bits per heavy atom. The van der Waals surface area contributed by atoms with E-state index in [0.29, 0.717) is 0 Å². The van der Waals surface area contributed by atoms with Gasteiger partial charge in [-0.05, 0) is 36.3 Å². The molecule has 1 rings (SSSR count). The molecule has 0 bridgehead atoms. The van der Waals surface area contributed by atoms with E-state index in [2.05, 4.69) is 37.8 Å². The number of rotatable bonds is 5. The average molecular weight is 201 g/mol. The average Bonchev–Trinajstić information content (AvgIpc) is 2.65. The number of hydrogen-bond donors (Lipinski definition) is 1. The van der Waals surface area contributed by atoms with E-state index >= 15 is 0 Å². The Labute approximate surface area is 87.1 Å². The van der Waals surface area contributed by atoms with Gasteiger partial charge in [0.1, 0.15) is 0 Å². The zero-order valence-corrected chi connectivity index (χ0v) is 9.99. The van der Waals surface area contributed by atoms with Crippen molar-refractivity contribution in [2.24, 2.45) is 11.8 Å². The minimum absolute atomic E-state index is 0.769. The van der Waals surface area contributed by atoms with E-state index in [1.165, 1.54) is 24.3 Å². The third-order valence-corrected chi connectivity index (χ3v) is 4.36. The molecule has 0 saturated carbocycles. The summed E-state index contributed by atoms with van der Waals surface area (Å²) in [7, 11) is 0. The van der Waals surface area contributed by atoms with E-state index in [4.69, 9.17) is 0 Å². The topological polar surface area (TPSA) is 12.0 Å². The van der Waals surface area contributed by atoms with Crippen molar-refractivity contribution in [1.82, 2.24) is 5.32 Å². The highest BCUT2D eigenvalue weighted by atomic mass is 32.2. The van der Waals surface area contributed by atoms with Gasteiger partial charge < -0.3 is 5.32 Å². The summed E-state index contributed by atoms with van der Waals surface area (Å²) in [5.41, 5.74) is 0. The van der Waals surface area contributed by atoms with Crippen LogP contribution in [0.5, 0.6) is 0 Å². The predicted molar refractivity (Wildman–Crippen MR) is 62.4 cm³/mol. The molecule has 0 spiro atoms. The molecule has 0 aromatic carbocycles. The molecule has 0 aliphatic carbocycles. The molecule has 2 heteroatoms. The quantitative estimate of drug-likeness (QED) is 0.734. The molecule has 0 amide bonds. The molecule has 1 nitrogen and oxygen atoms in total. The lowest BCUT2D eigenvalue weighted by molar-refractivity contribution is 0.286. The van der Waals surface area contributed by atoms with Gasteiger partial charge in [0.2, 0.25) is 0 Å². The van der Waals surface area contributed by atoms with Crippen LogP contribution in [0.15, 0.2) is 0 Å². The summed E-state index contributed by atoms with van der Waals surface area (Å²) in [6.45, 7) is 8.03. The van der Waals surface area contributed by atoms with E-state index in [-0.39, 0.29) is 0 Å². The van der Waals surface area contributed by atoms with E-state index in [1.54, 1.807) is 0 Å². The van der Waals surface area contributed by atoms with E-state index in [0.717, 1.165) is 24.4 Å². The Kier molecular flexibility index (Phi) is 5.18. The van der Waals surface area contributed by atoms with Crippen LogP contribution in [-0.4, -0.2) is 24.1 Å². The zero-order chi connectivity index (χ0) is 9.68. The van der Waals surface area contributed by atoms with Gasteiger partial charge in [0.15, 0.2) is 0 Å². The smallest absolute Gasteiger partial charge is 0.0129 e. The summed E-state index contributed by atoms with van der Waals surface area (Å²) in [6.07, 6.45) is 2.73. The third-order valence-electron chi connectivity index (χ3n) is 3.17. The van der Waals surface area contributed by atoms with Crippen molar-refractivity contribution >= 4 is 11.8 Å². The molecule has 1 saturated heterocycles. The molecule has 1 heterocycles. The highest BCUT2D eigenvalue weighted by Crippen LogP contribution is 2.30. The molecule has 1 fully saturated rings. The van der Waals surface area contributed by atoms with E-state index in [1.807, 2.05) is 0 Å². The lowest BCUT2D eigenvalue weighted by Gasteiger charge is -2.29. The monoisotopic (exact) mass is 201 g/mol. The van der Waals surface area contributed by atoms with Crippen LogP contribution >= 0.6 is 11.8 Å². The lowest BCUT2D eigenvalue weighted by Crippen LogP contribution is -2.41. The van der Waals surface area contributed by atoms with E-state index in [9.17, 15) is 0 Å². The second-order valence-electron chi connectivity index (χ2n) is 4.09. The summed E-state index contributed by atoms with van der Waals surface area (Å²) in [5.74, 6) is 4.52. The summed E-state index contributed by atoms with van der Waals surface area (Å²) < 4.78 is 0. The van der Waals surface area contributed by atoms with Crippen LogP contribution in [0.4, 0.5) is 0 Å². The summed E-state index contributed by atoms with van der Waals surface area (Å²) in [5, 5.41) is 3.66. The molecule has 78 valence electrons. The van der Waals surface area contributed by atoms with Gasteiger partial charge in [-0.25, -0.2) is 0 Å². The van der Waals surface area contributed by atoms with Crippen LogP contribution in [0, 0.1) is 11.8 Å². The minimum Gasteiger partial charge on any atom is -0.314 e. The largest absolute Gasteiger partial charge is 0.314 e. The maximum absolute atomic E-state index is 3.66. The Bertz CT molecular complexity index is 132. The first-order valence-corrected chi connectivity index (χ1v) is 6.76. The van der Waals surface area contributed by atoms with Gasteiger partial charge in [-0.3, -0.25) is 0 Å². The maximum atomic E-state index is 3.66. The first kappa shape index (κ1) is 11.4. The van der Waals surface area contributed by atoms with Gasteiger partial charge in [-0.1, -0.05) is 27.2 Å². The van der Waals surface area contributed by atoms with Gasteiger partial charge in [0.05, 0.1) is 0 Å². The Hall–Kier alpha value is 0.310. The first-order valence-electron chi connectivity index (χ1n) is 5.60. The molecule has 13 heavy (non-hydrogen) atoms. The summed E-state index contributed by atoms with van der Waals surface area (Å²) >= 11 is 2.12. The highest BCUT2D eigenvalue weighted by molar-refractivity contribution is 7.99.